The number of piperazine rings is 2. The van der Waals surface area contributed by atoms with Gasteiger partial charge in [-0.3, -0.25) is 9.80 Å². The Morgan fingerprint density at radius 3 is 0.850 bits per heavy atom. The fraction of sp³-hybridized carbons (Fsp3) is 1.00. The Bertz CT molecular complexity index is 639. The summed E-state index contributed by atoms with van der Waals surface area (Å²) in [5.41, 5.74) is 1.79. The molecule has 0 unspecified atom stereocenters. The van der Waals surface area contributed by atoms with Gasteiger partial charge in [-0.25, -0.2) is 0 Å². The van der Waals surface area contributed by atoms with Crippen LogP contribution >= 0.6 is 0 Å². The Balaban J connectivity index is 0.904. The van der Waals surface area contributed by atoms with Gasteiger partial charge in [-0.05, 0) is 77.3 Å². The zero-order chi connectivity index (χ0) is 27.2. The molecule has 0 bridgehead atoms. The van der Waals surface area contributed by atoms with Crippen molar-refractivity contribution in [3.63, 3.8) is 0 Å². The summed E-state index contributed by atoms with van der Waals surface area (Å²) < 4.78 is 0. The molecule has 0 aromatic heterocycles. The first kappa shape index (κ1) is 29.9. The maximum Gasteiger partial charge on any atom is 0.0314 e. The molecular formula is C36H66N4. The summed E-state index contributed by atoms with van der Waals surface area (Å²) in [6.45, 7) is 8.06. The van der Waals surface area contributed by atoms with Crippen molar-refractivity contribution in [1.82, 2.24) is 20.4 Å². The van der Waals surface area contributed by atoms with E-state index < -0.39 is 0 Å². The minimum absolute atomic E-state index is 0.449. The highest BCUT2D eigenvalue weighted by molar-refractivity contribution is 5.09. The molecule has 2 N–H and O–H groups in total. The van der Waals surface area contributed by atoms with Gasteiger partial charge in [-0.15, -0.1) is 0 Å². The summed E-state index contributed by atoms with van der Waals surface area (Å²) >= 11 is 0. The lowest BCUT2D eigenvalue weighted by Gasteiger charge is -2.56. The molecule has 0 aromatic carbocycles. The van der Waals surface area contributed by atoms with Gasteiger partial charge >= 0.3 is 0 Å². The van der Waals surface area contributed by atoms with E-state index in [1.807, 2.05) is 0 Å². The van der Waals surface area contributed by atoms with Gasteiger partial charge in [-0.1, -0.05) is 103 Å². The van der Waals surface area contributed by atoms with Crippen molar-refractivity contribution in [3.8, 4) is 0 Å². The van der Waals surface area contributed by atoms with E-state index >= 15 is 0 Å². The highest BCUT2D eigenvalue weighted by Crippen LogP contribution is 2.41. The highest BCUT2D eigenvalue weighted by Gasteiger charge is 2.48. The van der Waals surface area contributed by atoms with Crippen LogP contribution in [0, 0.1) is 0 Å². The van der Waals surface area contributed by atoms with Crippen molar-refractivity contribution < 1.29 is 0 Å². The van der Waals surface area contributed by atoms with Crippen LogP contribution in [0.15, 0.2) is 0 Å². The fourth-order valence-electron chi connectivity index (χ4n) is 10.8. The standard InChI is InChI=1S/C36H66N4/c1(3-17-27-39-29-33(19-9-5-10-20-33)37-34(30-39)21-11-6-12-22-34)2-4-18-28-40-31-35(23-13-7-14-24-35)38-36(32-40)25-15-8-16-26-36/h37-38H,1-32H2. The summed E-state index contributed by atoms with van der Waals surface area (Å²) in [6.07, 6.45) is 37.6. The number of hydrogen-bond acceptors (Lipinski definition) is 4. The molecule has 4 spiro atoms. The van der Waals surface area contributed by atoms with Crippen molar-refractivity contribution >= 4 is 0 Å². The molecule has 6 rings (SSSR count). The maximum absolute atomic E-state index is 4.35. The predicted octanol–water partition coefficient (Wildman–Crippen LogP) is 7.95. The zero-order valence-corrected chi connectivity index (χ0v) is 26.5. The number of hydrogen-bond donors (Lipinski definition) is 2. The van der Waals surface area contributed by atoms with Crippen LogP contribution < -0.4 is 10.6 Å². The largest absolute Gasteiger partial charge is 0.303 e. The summed E-state index contributed by atoms with van der Waals surface area (Å²) in [5, 5.41) is 8.71. The van der Waals surface area contributed by atoms with Gasteiger partial charge in [0.25, 0.3) is 0 Å². The van der Waals surface area contributed by atoms with Gasteiger partial charge in [0.2, 0.25) is 0 Å². The summed E-state index contributed by atoms with van der Waals surface area (Å²) in [6, 6.07) is 0. The van der Waals surface area contributed by atoms with Gasteiger partial charge < -0.3 is 10.6 Å². The van der Waals surface area contributed by atoms with Crippen molar-refractivity contribution in [2.24, 2.45) is 0 Å². The summed E-state index contributed by atoms with van der Waals surface area (Å²) in [5.74, 6) is 0. The van der Waals surface area contributed by atoms with Gasteiger partial charge in [-0.2, -0.15) is 0 Å². The monoisotopic (exact) mass is 555 g/mol. The van der Waals surface area contributed by atoms with Crippen molar-refractivity contribution in [2.75, 3.05) is 39.3 Å². The molecule has 4 nitrogen and oxygen atoms in total. The Morgan fingerprint density at radius 2 is 0.575 bits per heavy atom. The third kappa shape index (κ3) is 7.48. The Hall–Kier alpha value is -0.160. The average Bonchev–Trinajstić information content (AvgIpc) is 2.95. The lowest BCUT2D eigenvalue weighted by molar-refractivity contribution is 0.00363. The molecule has 0 aromatic rings. The third-order valence-electron chi connectivity index (χ3n) is 12.6. The van der Waals surface area contributed by atoms with E-state index in [1.54, 1.807) is 0 Å². The average molecular weight is 555 g/mol. The molecule has 4 saturated carbocycles. The summed E-state index contributed by atoms with van der Waals surface area (Å²) in [7, 11) is 0. The Kier molecular flexibility index (Phi) is 10.2. The first-order chi connectivity index (χ1) is 19.6. The molecule has 0 atom stereocenters. The van der Waals surface area contributed by atoms with E-state index in [2.05, 4.69) is 20.4 Å². The van der Waals surface area contributed by atoms with Crippen LogP contribution in [0.5, 0.6) is 0 Å². The Morgan fingerprint density at radius 1 is 0.325 bits per heavy atom. The van der Waals surface area contributed by atoms with E-state index in [4.69, 9.17) is 0 Å². The molecule has 0 radical (unpaired) electrons. The quantitative estimate of drug-likeness (QED) is 0.283. The van der Waals surface area contributed by atoms with Gasteiger partial charge in [0, 0.05) is 48.3 Å². The van der Waals surface area contributed by atoms with Crippen LogP contribution in [0.3, 0.4) is 0 Å². The molecule has 2 aliphatic heterocycles. The molecule has 2 saturated heterocycles. The second kappa shape index (κ2) is 13.6. The van der Waals surface area contributed by atoms with Crippen LogP contribution in [0.25, 0.3) is 0 Å². The second-order valence-corrected chi connectivity index (χ2v) is 16.2. The minimum Gasteiger partial charge on any atom is -0.303 e. The predicted molar refractivity (Wildman–Crippen MR) is 170 cm³/mol. The molecule has 2 heterocycles. The van der Waals surface area contributed by atoms with Gasteiger partial charge in [0.15, 0.2) is 0 Å². The van der Waals surface area contributed by atoms with Crippen LogP contribution in [-0.2, 0) is 0 Å². The Labute approximate surface area is 248 Å². The van der Waals surface area contributed by atoms with Crippen LogP contribution in [-0.4, -0.2) is 71.2 Å². The maximum atomic E-state index is 4.35. The molecule has 230 valence electrons. The number of nitrogens with zero attached hydrogens (tertiary/aromatic N) is 2. The molecule has 6 fully saturated rings. The fourth-order valence-corrected chi connectivity index (χ4v) is 10.8. The minimum atomic E-state index is 0.449. The lowest BCUT2D eigenvalue weighted by atomic mass is 9.72. The molecule has 4 aliphatic carbocycles. The highest BCUT2D eigenvalue weighted by atomic mass is 15.3. The third-order valence-corrected chi connectivity index (χ3v) is 12.6. The van der Waals surface area contributed by atoms with Crippen LogP contribution in [0.1, 0.15) is 167 Å². The smallest absolute Gasteiger partial charge is 0.0314 e. The van der Waals surface area contributed by atoms with Gasteiger partial charge in [0.05, 0.1) is 0 Å². The lowest BCUT2D eigenvalue weighted by Crippen LogP contribution is -2.71. The van der Waals surface area contributed by atoms with Gasteiger partial charge in [0.1, 0.15) is 0 Å². The molecule has 40 heavy (non-hydrogen) atoms. The molecule has 0 amide bonds. The second-order valence-electron chi connectivity index (χ2n) is 16.2. The SMILES string of the molecule is C(CCCCN1CC2(CCCCC2)NC2(CCCCC2)C1)CCCN1CC2(CCCCC2)NC2(CCCCC2)C1. The summed E-state index contributed by atoms with van der Waals surface area (Å²) in [4.78, 5) is 5.86. The first-order valence-electron chi connectivity index (χ1n) is 18.6. The van der Waals surface area contributed by atoms with E-state index in [1.165, 1.54) is 206 Å². The normalized spacial score (nSPS) is 30.3. The number of unbranched alkanes of at least 4 members (excludes halogenated alkanes) is 5. The van der Waals surface area contributed by atoms with Crippen LogP contribution in [0.4, 0.5) is 0 Å². The molecule has 6 aliphatic rings. The van der Waals surface area contributed by atoms with E-state index in [-0.39, 0.29) is 0 Å². The van der Waals surface area contributed by atoms with Crippen molar-refractivity contribution in [2.45, 2.75) is 189 Å². The van der Waals surface area contributed by atoms with E-state index in [0.717, 1.165) is 0 Å². The molecule has 4 heteroatoms. The molecular weight excluding hydrogens is 488 g/mol. The van der Waals surface area contributed by atoms with Crippen molar-refractivity contribution in [3.05, 3.63) is 0 Å². The topological polar surface area (TPSA) is 30.5 Å². The van der Waals surface area contributed by atoms with Crippen LogP contribution in [0.2, 0.25) is 0 Å². The first-order valence-corrected chi connectivity index (χ1v) is 18.6. The van der Waals surface area contributed by atoms with Crippen molar-refractivity contribution in [1.29, 1.82) is 0 Å². The van der Waals surface area contributed by atoms with E-state index in [0.29, 0.717) is 22.2 Å². The number of nitrogens with one attached hydrogen (secondary N) is 2. The zero-order valence-electron chi connectivity index (χ0n) is 26.5. The van der Waals surface area contributed by atoms with E-state index in [9.17, 15) is 0 Å². The number of rotatable bonds is 9.